The Labute approximate surface area is 294 Å². The molecule has 2 aromatic rings. The van der Waals surface area contributed by atoms with Crippen LogP contribution in [0, 0.1) is 0 Å². The van der Waals surface area contributed by atoms with Crippen molar-refractivity contribution in [2.75, 3.05) is 0 Å². The summed E-state index contributed by atoms with van der Waals surface area (Å²) < 4.78 is 5.14. The molecule has 0 saturated carbocycles. The fraction of sp³-hybridized carbons (Fsp3) is 0.800. The van der Waals surface area contributed by atoms with Gasteiger partial charge < -0.3 is 0 Å². The molecule has 270 valence electrons. The smallest absolute Gasteiger partial charge is 0.234 e. The second kappa shape index (κ2) is 31.7. The Morgan fingerprint density at radius 1 is 0.426 bits per heavy atom. The van der Waals surface area contributed by atoms with Crippen molar-refractivity contribution < 1.29 is 4.57 Å². The summed E-state index contributed by atoms with van der Waals surface area (Å²) in [6.07, 6.45) is 50.2. The van der Waals surface area contributed by atoms with Gasteiger partial charge in [0, 0.05) is 0 Å². The molecule has 1 aromatic carbocycles. The first-order valence-electron chi connectivity index (χ1n) is 21.5. The number of benzene rings is 1. The van der Waals surface area contributed by atoms with E-state index in [9.17, 15) is 0 Å². The number of hydrogen-bond donors (Lipinski definition) is 0. The van der Waals surface area contributed by atoms with Crippen molar-refractivity contribution in [2.45, 2.75) is 232 Å². The van der Waals surface area contributed by atoms with Crippen LogP contribution in [0.25, 0.3) is 0 Å². The Bertz CT molecular complexity index is 900. The molecule has 0 bridgehead atoms. The minimum Gasteiger partial charge on any atom is -0.234 e. The third kappa shape index (κ3) is 23.4. The van der Waals surface area contributed by atoms with Crippen LogP contribution in [0.1, 0.15) is 224 Å². The number of hydrogen-bond acceptors (Lipinski definition) is 0. The van der Waals surface area contributed by atoms with Crippen LogP contribution in [0.15, 0.2) is 42.7 Å². The molecule has 0 aliphatic heterocycles. The van der Waals surface area contributed by atoms with Crippen LogP contribution < -0.4 is 4.57 Å². The fourth-order valence-electron chi connectivity index (χ4n) is 7.37. The first-order valence-corrected chi connectivity index (χ1v) is 21.5. The highest BCUT2D eigenvalue weighted by Gasteiger charge is 2.17. The van der Waals surface area contributed by atoms with Gasteiger partial charge in [-0.25, -0.2) is 9.13 Å². The number of rotatable bonds is 35. The van der Waals surface area contributed by atoms with E-state index >= 15 is 0 Å². The van der Waals surface area contributed by atoms with Gasteiger partial charge in [-0.3, -0.25) is 0 Å². The SMILES string of the molecule is CCCCCCCCCCCCCCCCCCCn1cc[n+](CCCCCCCCCCCCCCCC)c1Cc1ccccc1. The van der Waals surface area contributed by atoms with Crippen LogP contribution in [-0.2, 0) is 19.5 Å². The lowest BCUT2D eigenvalue weighted by molar-refractivity contribution is -0.703. The van der Waals surface area contributed by atoms with Crippen molar-refractivity contribution in [1.29, 1.82) is 0 Å². The summed E-state index contributed by atoms with van der Waals surface area (Å²) in [6, 6.07) is 11.1. The molecule has 0 aliphatic rings. The highest BCUT2D eigenvalue weighted by Crippen LogP contribution is 2.16. The Balaban J connectivity index is 1.53. The molecule has 0 spiro atoms. The molecule has 47 heavy (non-hydrogen) atoms. The second-order valence-corrected chi connectivity index (χ2v) is 15.0. The zero-order valence-electron chi connectivity index (χ0n) is 32.0. The molecule has 0 atom stereocenters. The van der Waals surface area contributed by atoms with E-state index in [0.717, 1.165) is 6.42 Å². The Morgan fingerprint density at radius 2 is 0.787 bits per heavy atom. The topological polar surface area (TPSA) is 8.81 Å². The van der Waals surface area contributed by atoms with Crippen LogP contribution in [-0.4, -0.2) is 4.57 Å². The van der Waals surface area contributed by atoms with Gasteiger partial charge in [-0.15, -0.1) is 0 Å². The molecule has 0 saturated heterocycles. The van der Waals surface area contributed by atoms with Crippen molar-refractivity contribution in [3.63, 3.8) is 0 Å². The predicted molar refractivity (Wildman–Crippen MR) is 208 cm³/mol. The van der Waals surface area contributed by atoms with Gasteiger partial charge in [0.25, 0.3) is 5.82 Å². The average Bonchev–Trinajstić information content (AvgIpc) is 3.47. The van der Waals surface area contributed by atoms with Gasteiger partial charge in [-0.05, 0) is 31.2 Å². The average molecular weight is 650 g/mol. The second-order valence-electron chi connectivity index (χ2n) is 15.0. The molecular formula is C45H81N2+. The number of aryl methyl sites for hydroxylation is 2. The summed E-state index contributed by atoms with van der Waals surface area (Å²) in [4.78, 5) is 0. The molecular weight excluding hydrogens is 569 g/mol. The monoisotopic (exact) mass is 650 g/mol. The molecule has 2 heteroatoms. The van der Waals surface area contributed by atoms with E-state index in [0.29, 0.717) is 0 Å². The summed E-state index contributed by atoms with van der Waals surface area (Å²) >= 11 is 0. The third-order valence-corrected chi connectivity index (χ3v) is 10.5. The summed E-state index contributed by atoms with van der Waals surface area (Å²) in [5.74, 6) is 1.50. The highest BCUT2D eigenvalue weighted by molar-refractivity contribution is 5.18. The van der Waals surface area contributed by atoms with Gasteiger partial charge in [0.15, 0.2) is 0 Å². The van der Waals surface area contributed by atoms with Crippen molar-refractivity contribution in [3.05, 3.63) is 54.1 Å². The van der Waals surface area contributed by atoms with Crippen molar-refractivity contribution >= 4 is 0 Å². The first-order chi connectivity index (χ1) is 23.3. The van der Waals surface area contributed by atoms with Crippen molar-refractivity contribution in [1.82, 2.24) is 4.57 Å². The standard InChI is InChI=1S/C45H81N2/c1-3-5-7-9-11-13-15-17-19-20-21-23-25-27-29-31-36-40-47-42-41-46(45(47)43-44-37-33-32-34-38-44)39-35-30-28-26-24-22-18-16-14-12-10-8-6-4-2/h32-34,37-38,41-42H,3-31,35-36,39-40,43H2,1-2H3/q+1. The zero-order chi connectivity index (χ0) is 33.3. The Hall–Kier alpha value is -1.57. The van der Waals surface area contributed by atoms with Gasteiger partial charge in [0.1, 0.15) is 12.4 Å². The minimum atomic E-state index is 1.05. The van der Waals surface area contributed by atoms with E-state index < -0.39 is 0 Å². The lowest BCUT2D eigenvalue weighted by Gasteiger charge is -2.07. The maximum absolute atomic E-state index is 2.57. The zero-order valence-corrected chi connectivity index (χ0v) is 32.0. The molecule has 2 nitrogen and oxygen atoms in total. The largest absolute Gasteiger partial charge is 0.260 e. The first kappa shape index (κ1) is 41.6. The van der Waals surface area contributed by atoms with Gasteiger partial charge in [-0.2, -0.15) is 0 Å². The molecule has 0 unspecified atom stereocenters. The highest BCUT2D eigenvalue weighted by atomic mass is 15.1. The quantitative estimate of drug-likeness (QED) is 0.0519. The summed E-state index contributed by atoms with van der Waals surface area (Å²) in [5, 5.41) is 0. The van der Waals surface area contributed by atoms with Crippen LogP contribution in [0.2, 0.25) is 0 Å². The maximum atomic E-state index is 2.57. The van der Waals surface area contributed by atoms with E-state index in [-0.39, 0.29) is 0 Å². The van der Waals surface area contributed by atoms with E-state index in [4.69, 9.17) is 0 Å². The lowest BCUT2D eigenvalue weighted by atomic mass is 10.0. The molecule has 0 amide bonds. The summed E-state index contributed by atoms with van der Waals surface area (Å²) in [6.45, 7) is 6.96. The Kier molecular flexibility index (Phi) is 28.0. The van der Waals surface area contributed by atoms with Gasteiger partial charge >= 0.3 is 0 Å². The minimum absolute atomic E-state index is 1.05. The molecule has 0 radical (unpaired) electrons. The van der Waals surface area contributed by atoms with Crippen LogP contribution in [0.3, 0.4) is 0 Å². The number of nitrogens with zero attached hydrogens (tertiary/aromatic N) is 2. The van der Waals surface area contributed by atoms with E-state index in [1.165, 1.54) is 224 Å². The predicted octanol–water partition coefficient (Wildman–Crippen LogP) is 14.5. The fourth-order valence-corrected chi connectivity index (χ4v) is 7.37. The molecule has 0 N–H and O–H groups in total. The van der Waals surface area contributed by atoms with Crippen molar-refractivity contribution in [2.24, 2.45) is 0 Å². The normalized spacial score (nSPS) is 11.5. The Morgan fingerprint density at radius 3 is 1.19 bits per heavy atom. The van der Waals surface area contributed by atoms with E-state index in [1.54, 1.807) is 0 Å². The molecule has 1 heterocycles. The summed E-state index contributed by atoms with van der Waals surface area (Å²) in [5.41, 5.74) is 1.43. The molecule has 0 fully saturated rings. The van der Waals surface area contributed by atoms with E-state index in [2.05, 4.69) is 65.7 Å². The molecule has 0 aliphatic carbocycles. The van der Waals surface area contributed by atoms with Crippen molar-refractivity contribution in [3.8, 4) is 0 Å². The third-order valence-electron chi connectivity index (χ3n) is 10.5. The maximum Gasteiger partial charge on any atom is 0.260 e. The van der Waals surface area contributed by atoms with Crippen LogP contribution in [0.5, 0.6) is 0 Å². The van der Waals surface area contributed by atoms with E-state index in [1.807, 2.05) is 0 Å². The number of imidazole rings is 1. The lowest BCUT2D eigenvalue weighted by Crippen LogP contribution is -2.37. The molecule has 1 aromatic heterocycles. The van der Waals surface area contributed by atoms with Gasteiger partial charge in [0.2, 0.25) is 0 Å². The van der Waals surface area contributed by atoms with Gasteiger partial charge in [-0.1, -0.05) is 218 Å². The number of aromatic nitrogens is 2. The van der Waals surface area contributed by atoms with Crippen LogP contribution in [0.4, 0.5) is 0 Å². The van der Waals surface area contributed by atoms with Crippen LogP contribution >= 0.6 is 0 Å². The van der Waals surface area contributed by atoms with Gasteiger partial charge in [0.05, 0.1) is 19.5 Å². The number of unbranched alkanes of at least 4 members (excludes halogenated alkanes) is 29. The summed E-state index contributed by atoms with van der Waals surface area (Å²) in [7, 11) is 0. The molecule has 2 rings (SSSR count).